The monoisotopic (exact) mass is 381 g/mol. The Hall–Kier alpha value is -2.39. The molecule has 2 aromatic rings. The highest BCUT2D eigenvalue weighted by Gasteiger charge is 2.13. The number of nitriles is 1. The maximum atomic E-state index is 9.00. The second kappa shape index (κ2) is 10.1. The van der Waals surface area contributed by atoms with Crippen molar-refractivity contribution < 1.29 is 0 Å². The molecule has 0 amide bonds. The molecule has 1 aliphatic rings. The fraction of sp³-hybridized carbons (Fsp3) is 0.476. The third-order valence-electron chi connectivity index (χ3n) is 4.60. The highest BCUT2D eigenvalue weighted by atomic mass is 32.1. The maximum Gasteiger partial charge on any atom is 0.183 e. The molecule has 2 heterocycles. The second-order valence-corrected chi connectivity index (χ2v) is 7.68. The Morgan fingerprint density at radius 3 is 2.70 bits per heavy atom. The van der Waals surface area contributed by atoms with Crippen molar-refractivity contribution in [1.29, 1.82) is 5.26 Å². The van der Waals surface area contributed by atoms with E-state index in [1.54, 1.807) is 11.3 Å². The zero-order valence-corrected chi connectivity index (χ0v) is 16.7. The smallest absolute Gasteiger partial charge is 0.183 e. The van der Waals surface area contributed by atoms with Crippen molar-refractivity contribution in [1.82, 2.24) is 10.3 Å². The summed E-state index contributed by atoms with van der Waals surface area (Å²) in [6, 6.07) is 9.97. The highest BCUT2D eigenvalue weighted by Crippen LogP contribution is 2.34. The van der Waals surface area contributed by atoms with Crippen molar-refractivity contribution >= 4 is 22.3 Å². The number of aromatic nitrogens is 1. The van der Waals surface area contributed by atoms with Crippen LogP contribution in [0, 0.1) is 11.3 Å². The van der Waals surface area contributed by atoms with Crippen LogP contribution in [0.3, 0.4) is 0 Å². The normalized spacial score (nSPS) is 13.7. The van der Waals surface area contributed by atoms with Gasteiger partial charge in [-0.3, -0.25) is 4.99 Å². The highest BCUT2D eigenvalue weighted by molar-refractivity contribution is 7.19. The van der Waals surface area contributed by atoms with E-state index in [9.17, 15) is 0 Å². The van der Waals surface area contributed by atoms with Crippen LogP contribution in [0.25, 0.3) is 10.4 Å². The fourth-order valence-corrected chi connectivity index (χ4v) is 4.25. The summed E-state index contributed by atoms with van der Waals surface area (Å²) in [6.45, 7) is 4.91. The van der Waals surface area contributed by atoms with Gasteiger partial charge in [-0.2, -0.15) is 5.26 Å². The van der Waals surface area contributed by atoms with E-state index in [4.69, 9.17) is 10.2 Å². The van der Waals surface area contributed by atoms with Gasteiger partial charge in [0.15, 0.2) is 5.13 Å². The van der Waals surface area contributed by atoms with Crippen LogP contribution in [-0.4, -0.2) is 30.5 Å². The van der Waals surface area contributed by atoms with Crippen molar-refractivity contribution in [3.05, 3.63) is 35.5 Å². The van der Waals surface area contributed by atoms with Gasteiger partial charge < -0.3 is 10.6 Å². The van der Waals surface area contributed by atoms with Gasteiger partial charge in [-0.1, -0.05) is 23.5 Å². The molecule has 0 spiro atoms. The van der Waals surface area contributed by atoms with Crippen LogP contribution >= 0.6 is 11.3 Å². The number of amidine groups is 1. The number of unbranched alkanes of at least 4 members (excludes halogenated alkanes) is 1. The van der Waals surface area contributed by atoms with Crippen LogP contribution in [0.5, 0.6) is 0 Å². The van der Waals surface area contributed by atoms with E-state index in [2.05, 4.69) is 28.6 Å². The number of aryl methyl sites for hydroxylation is 1. The summed E-state index contributed by atoms with van der Waals surface area (Å²) in [4.78, 5) is 10.6. The molecular formula is C21H27N5S. The van der Waals surface area contributed by atoms with Crippen LogP contribution in [0.1, 0.15) is 50.3 Å². The van der Waals surface area contributed by atoms with E-state index in [0.717, 1.165) is 61.7 Å². The first-order valence-corrected chi connectivity index (χ1v) is 10.6. The van der Waals surface area contributed by atoms with Crippen LogP contribution < -0.4 is 10.6 Å². The summed E-state index contributed by atoms with van der Waals surface area (Å²) in [5, 5.41) is 16.8. The summed E-state index contributed by atoms with van der Waals surface area (Å²) in [7, 11) is 0. The number of anilines is 1. The molecule has 5 nitrogen and oxygen atoms in total. The second-order valence-electron chi connectivity index (χ2n) is 6.68. The summed E-state index contributed by atoms with van der Waals surface area (Å²) in [5.74, 6) is 1.18. The van der Waals surface area contributed by atoms with Gasteiger partial charge in [-0.15, -0.1) is 0 Å². The minimum absolute atomic E-state index is 0.688. The van der Waals surface area contributed by atoms with Gasteiger partial charge in [0.1, 0.15) is 0 Å². The molecular weight excluding hydrogens is 354 g/mol. The van der Waals surface area contributed by atoms with E-state index >= 15 is 0 Å². The Kier molecular flexibility index (Phi) is 7.23. The topological polar surface area (TPSA) is 73.1 Å². The van der Waals surface area contributed by atoms with Crippen molar-refractivity contribution in [2.45, 2.75) is 45.4 Å². The predicted molar refractivity (Wildman–Crippen MR) is 114 cm³/mol. The largest absolute Gasteiger partial charge is 0.374 e. The fourth-order valence-electron chi connectivity index (χ4n) is 3.16. The first-order chi connectivity index (χ1) is 13.3. The third kappa shape index (κ3) is 5.54. The lowest BCUT2D eigenvalue weighted by molar-refractivity contribution is 0.669. The standard InChI is InChI=1S/C21H27N5S/c1-2-23-21-26-18(7-3-5-13-24-19-8-4-6-14-25-19)20(27-21)17-11-9-16(15-22)10-12-17/h9-12H,2-8,13-14H2,1H3,(H,23,26)(H,24,25). The molecule has 3 rings (SSSR count). The molecule has 0 bridgehead atoms. The average molecular weight is 382 g/mol. The number of nitrogens with zero attached hydrogens (tertiary/aromatic N) is 3. The van der Waals surface area contributed by atoms with Gasteiger partial charge in [0, 0.05) is 26.1 Å². The number of hydrogen-bond acceptors (Lipinski definition) is 6. The first kappa shape index (κ1) is 19.4. The summed E-state index contributed by atoms with van der Waals surface area (Å²) >= 11 is 1.70. The molecule has 1 aliphatic heterocycles. The minimum Gasteiger partial charge on any atom is -0.374 e. The average Bonchev–Trinajstić information content (AvgIpc) is 3.11. The minimum atomic E-state index is 0.688. The van der Waals surface area contributed by atoms with Gasteiger partial charge in [0.2, 0.25) is 0 Å². The van der Waals surface area contributed by atoms with Crippen LogP contribution in [0.2, 0.25) is 0 Å². The van der Waals surface area contributed by atoms with Gasteiger partial charge in [0.25, 0.3) is 0 Å². The van der Waals surface area contributed by atoms with Crippen molar-refractivity contribution in [2.75, 3.05) is 25.0 Å². The molecule has 0 saturated carbocycles. The van der Waals surface area contributed by atoms with Gasteiger partial charge >= 0.3 is 0 Å². The molecule has 1 aromatic heterocycles. The molecule has 0 radical (unpaired) electrons. The van der Waals surface area contributed by atoms with Crippen LogP contribution in [0.4, 0.5) is 5.13 Å². The van der Waals surface area contributed by atoms with Crippen molar-refractivity contribution in [3.8, 4) is 16.5 Å². The molecule has 6 heteroatoms. The van der Waals surface area contributed by atoms with E-state index in [1.807, 2.05) is 24.3 Å². The molecule has 0 atom stereocenters. The van der Waals surface area contributed by atoms with E-state index in [-0.39, 0.29) is 0 Å². The molecule has 27 heavy (non-hydrogen) atoms. The quantitative estimate of drug-likeness (QED) is 0.655. The third-order valence-corrected chi connectivity index (χ3v) is 5.70. The zero-order chi connectivity index (χ0) is 18.9. The van der Waals surface area contributed by atoms with Crippen LogP contribution in [-0.2, 0) is 6.42 Å². The number of nitrogens with one attached hydrogen (secondary N) is 2. The number of benzene rings is 1. The molecule has 142 valence electrons. The first-order valence-electron chi connectivity index (χ1n) is 9.81. The number of aliphatic imine (C=N–C) groups is 1. The molecule has 0 saturated heterocycles. The Morgan fingerprint density at radius 1 is 1.15 bits per heavy atom. The van der Waals surface area contributed by atoms with Gasteiger partial charge in [0.05, 0.1) is 28.0 Å². The maximum absolute atomic E-state index is 9.00. The summed E-state index contributed by atoms with van der Waals surface area (Å²) in [6.07, 6.45) is 6.75. The number of hydrogen-bond donors (Lipinski definition) is 2. The lowest BCUT2D eigenvalue weighted by atomic mass is 10.1. The molecule has 2 N–H and O–H groups in total. The predicted octanol–water partition coefficient (Wildman–Crippen LogP) is 4.61. The van der Waals surface area contributed by atoms with Gasteiger partial charge in [-0.25, -0.2) is 4.98 Å². The molecule has 0 unspecified atom stereocenters. The van der Waals surface area contributed by atoms with Crippen molar-refractivity contribution in [2.24, 2.45) is 4.99 Å². The number of rotatable bonds is 8. The Labute approximate surface area is 165 Å². The van der Waals surface area contributed by atoms with Crippen molar-refractivity contribution in [3.63, 3.8) is 0 Å². The Morgan fingerprint density at radius 2 is 2.00 bits per heavy atom. The molecule has 1 aromatic carbocycles. The van der Waals surface area contributed by atoms with Crippen LogP contribution in [0.15, 0.2) is 29.3 Å². The summed E-state index contributed by atoms with van der Waals surface area (Å²) in [5.41, 5.74) is 2.98. The van der Waals surface area contributed by atoms with E-state index < -0.39 is 0 Å². The van der Waals surface area contributed by atoms with E-state index in [1.165, 1.54) is 23.6 Å². The Bertz CT molecular complexity index is 801. The summed E-state index contributed by atoms with van der Waals surface area (Å²) < 4.78 is 0. The Balaban J connectivity index is 1.59. The SMILES string of the molecule is CCNc1nc(CCCCNC2=NCCCC2)c(-c2ccc(C#N)cc2)s1. The molecule has 0 fully saturated rings. The number of thiazole rings is 1. The van der Waals surface area contributed by atoms with E-state index in [0.29, 0.717) is 5.56 Å². The molecule has 0 aliphatic carbocycles. The lowest BCUT2D eigenvalue weighted by Crippen LogP contribution is -2.26. The van der Waals surface area contributed by atoms with Gasteiger partial charge in [-0.05, 0) is 56.7 Å². The zero-order valence-electron chi connectivity index (χ0n) is 15.9. The lowest BCUT2D eigenvalue weighted by Gasteiger charge is -2.13.